The van der Waals surface area contributed by atoms with Crippen LogP contribution in [-0.4, -0.2) is 36.7 Å². The number of nitrogens with one attached hydrogen (secondary N) is 1. The average molecular weight is 240 g/mol. The summed E-state index contributed by atoms with van der Waals surface area (Å²) in [6.45, 7) is 12.9. The van der Waals surface area contributed by atoms with E-state index >= 15 is 0 Å². The third kappa shape index (κ3) is 3.07. The van der Waals surface area contributed by atoms with E-state index in [1.165, 1.54) is 7.11 Å². The van der Waals surface area contributed by atoms with E-state index in [1.54, 1.807) is 0 Å². The van der Waals surface area contributed by atoms with Crippen molar-refractivity contribution >= 4 is 5.97 Å². The van der Waals surface area contributed by atoms with Gasteiger partial charge in [0.1, 0.15) is 0 Å². The van der Waals surface area contributed by atoms with Gasteiger partial charge in [0.25, 0.3) is 0 Å². The van der Waals surface area contributed by atoms with E-state index in [0.717, 1.165) is 12.1 Å². The number of hydrogen-bond donors (Lipinski definition) is 1. The molecule has 0 aromatic carbocycles. The molecule has 4 heteroatoms. The number of carbonyl (C=O) groups excluding carboxylic acids is 1. The van der Waals surface area contributed by atoms with Gasteiger partial charge >= 0.3 is 5.97 Å². The van der Waals surface area contributed by atoms with Crippen LogP contribution in [0.2, 0.25) is 0 Å². The molecular weight excluding hydrogens is 216 g/mol. The van der Waals surface area contributed by atoms with Gasteiger partial charge in [-0.2, -0.15) is 0 Å². The zero-order valence-electron chi connectivity index (χ0n) is 11.5. The van der Waals surface area contributed by atoms with Crippen molar-refractivity contribution in [1.29, 1.82) is 0 Å². The highest BCUT2D eigenvalue weighted by molar-refractivity contribution is 5.72. The zero-order chi connectivity index (χ0) is 13.2. The Kier molecular flexibility index (Phi) is 4.71. The minimum absolute atomic E-state index is 0.0902. The van der Waals surface area contributed by atoms with Crippen LogP contribution in [-0.2, 0) is 9.53 Å². The predicted molar refractivity (Wildman–Crippen MR) is 68.2 cm³/mol. The number of hydrazine groups is 1. The number of methoxy groups -OCH3 is 1. The Hall–Kier alpha value is -0.870. The fraction of sp³-hybridized carbons (Fsp3) is 0.769. The summed E-state index contributed by atoms with van der Waals surface area (Å²) in [6, 6.07) is 0.578. The van der Waals surface area contributed by atoms with Crippen LogP contribution in [0, 0.1) is 11.8 Å². The van der Waals surface area contributed by atoms with Crippen LogP contribution in [0.3, 0.4) is 0 Å². The summed E-state index contributed by atoms with van der Waals surface area (Å²) in [5.74, 6) is 0.0436. The van der Waals surface area contributed by atoms with Crippen LogP contribution in [0.1, 0.15) is 27.7 Å². The summed E-state index contributed by atoms with van der Waals surface area (Å²) < 4.78 is 4.83. The fourth-order valence-corrected chi connectivity index (χ4v) is 2.76. The second-order valence-corrected chi connectivity index (χ2v) is 5.13. The number of ether oxygens (including phenoxy) is 1. The van der Waals surface area contributed by atoms with Gasteiger partial charge in [-0.3, -0.25) is 10.2 Å². The first-order chi connectivity index (χ1) is 7.88. The molecule has 0 aromatic heterocycles. The number of carbonyl (C=O) groups is 1. The van der Waals surface area contributed by atoms with Gasteiger partial charge in [-0.1, -0.05) is 19.1 Å². The van der Waals surface area contributed by atoms with Crippen molar-refractivity contribution in [3.8, 4) is 0 Å². The van der Waals surface area contributed by atoms with Crippen molar-refractivity contribution in [3.05, 3.63) is 12.2 Å². The van der Waals surface area contributed by atoms with Gasteiger partial charge < -0.3 is 4.74 Å². The number of hydrogen-bond acceptors (Lipinski definition) is 4. The highest BCUT2D eigenvalue weighted by Crippen LogP contribution is 2.29. The van der Waals surface area contributed by atoms with Crippen molar-refractivity contribution in [2.75, 3.05) is 13.7 Å². The van der Waals surface area contributed by atoms with Gasteiger partial charge in [-0.05, 0) is 20.8 Å². The lowest BCUT2D eigenvalue weighted by Gasteiger charge is -2.26. The molecule has 0 amide bonds. The first kappa shape index (κ1) is 14.2. The molecular formula is C13H24N2O2. The summed E-state index contributed by atoms with van der Waals surface area (Å²) in [7, 11) is 1.45. The van der Waals surface area contributed by atoms with Crippen LogP contribution in [0.5, 0.6) is 0 Å². The van der Waals surface area contributed by atoms with Crippen LogP contribution >= 0.6 is 0 Å². The zero-order valence-corrected chi connectivity index (χ0v) is 11.5. The maximum Gasteiger partial charge on any atom is 0.308 e. The van der Waals surface area contributed by atoms with E-state index < -0.39 is 0 Å². The highest BCUT2D eigenvalue weighted by atomic mass is 16.5. The quantitative estimate of drug-likeness (QED) is 0.598. The minimum Gasteiger partial charge on any atom is -0.469 e. The summed E-state index contributed by atoms with van der Waals surface area (Å²) in [5, 5.41) is 2.16. The first-order valence-electron chi connectivity index (χ1n) is 6.13. The van der Waals surface area contributed by atoms with Crippen molar-refractivity contribution in [3.63, 3.8) is 0 Å². The molecule has 1 N–H and O–H groups in total. The Morgan fingerprint density at radius 2 is 2.12 bits per heavy atom. The highest BCUT2D eigenvalue weighted by Gasteiger charge is 2.42. The average Bonchev–Trinajstić information content (AvgIpc) is 2.51. The molecule has 4 atom stereocenters. The lowest BCUT2D eigenvalue weighted by molar-refractivity contribution is -0.147. The Morgan fingerprint density at radius 3 is 2.59 bits per heavy atom. The lowest BCUT2D eigenvalue weighted by Crippen LogP contribution is -2.39. The van der Waals surface area contributed by atoms with Gasteiger partial charge in [0.15, 0.2) is 0 Å². The summed E-state index contributed by atoms with van der Waals surface area (Å²) in [4.78, 5) is 11.6. The van der Waals surface area contributed by atoms with Gasteiger partial charge in [0.2, 0.25) is 0 Å². The second-order valence-electron chi connectivity index (χ2n) is 5.13. The molecule has 1 aliphatic rings. The standard InChI is InChI=1S/C13H24N2O2/c1-8(2)7-15-11(5)12(10(4)14-15)9(3)13(16)17-6/h9-12,14H,1,7H2,2-6H3/t9-,10?,11?,12?/m1/s1. The molecule has 0 aromatic rings. The van der Waals surface area contributed by atoms with E-state index in [2.05, 4.69) is 30.9 Å². The molecule has 98 valence electrons. The van der Waals surface area contributed by atoms with E-state index in [-0.39, 0.29) is 23.8 Å². The third-order valence-electron chi connectivity index (χ3n) is 3.59. The molecule has 0 aliphatic carbocycles. The minimum atomic E-state index is -0.132. The van der Waals surface area contributed by atoms with Gasteiger partial charge in [-0.15, -0.1) is 0 Å². The molecule has 1 aliphatic heterocycles. The predicted octanol–water partition coefficient (Wildman–Crippen LogP) is 1.58. The maximum atomic E-state index is 11.6. The molecule has 0 spiro atoms. The summed E-state index contributed by atoms with van der Waals surface area (Å²) in [5.41, 5.74) is 4.52. The normalized spacial score (nSPS) is 31.2. The summed E-state index contributed by atoms with van der Waals surface area (Å²) in [6.07, 6.45) is 0. The van der Waals surface area contributed by atoms with E-state index in [9.17, 15) is 4.79 Å². The number of esters is 1. The molecule has 3 unspecified atom stereocenters. The van der Waals surface area contributed by atoms with Crippen LogP contribution in [0.25, 0.3) is 0 Å². The fourth-order valence-electron chi connectivity index (χ4n) is 2.76. The van der Waals surface area contributed by atoms with Crippen molar-refractivity contribution in [2.24, 2.45) is 11.8 Å². The largest absolute Gasteiger partial charge is 0.469 e. The molecule has 1 fully saturated rings. The molecule has 0 bridgehead atoms. The second kappa shape index (κ2) is 5.65. The lowest BCUT2D eigenvalue weighted by atomic mass is 9.84. The molecule has 1 heterocycles. The van der Waals surface area contributed by atoms with E-state index in [0.29, 0.717) is 6.04 Å². The molecule has 1 rings (SSSR count). The SMILES string of the molecule is C=C(C)CN1NC(C)C([C@@H](C)C(=O)OC)C1C. The number of nitrogens with zero attached hydrogens (tertiary/aromatic N) is 1. The molecule has 0 saturated carbocycles. The van der Waals surface area contributed by atoms with Crippen LogP contribution in [0.15, 0.2) is 12.2 Å². The van der Waals surface area contributed by atoms with Gasteiger partial charge in [0, 0.05) is 24.5 Å². The van der Waals surface area contributed by atoms with E-state index in [1.807, 2.05) is 13.8 Å². The third-order valence-corrected chi connectivity index (χ3v) is 3.59. The van der Waals surface area contributed by atoms with E-state index in [4.69, 9.17) is 4.74 Å². The Morgan fingerprint density at radius 1 is 1.53 bits per heavy atom. The monoisotopic (exact) mass is 240 g/mol. The van der Waals surface area contributed by atoms with Gasteiger partial charge in [-0.25, -0.2) is 5.01 Å². The Bertz CT molecular complexity index is 304. The molecule has 17 heavy (non-hydrogen) atoms. The van der Waals surface area contributed by atoms with Crippen LogP contribution in [0.4, 0.5) is 0 Å². The van der Waals surface area contributed by atoms with Crippen molar-refractivity contribution in [1.82, 2.24) is 10.4 Å². The Labute approximate surface area is 104 Å². The molecule has 1 saturated heterocycles. The number of rotatable bonds is 4. The van der Waals surface area contributed by atoms with Crippen molar-refractivity contribution in [2.45, 2.75) is 39.8 Å². The summed E-state index contributed by atoms with van der Waals surface area (Å²) >= 11 is 0. The smallest absolute Gasteiger partial charge is 0.308 e. The van der Waals surface area contributed by atoms with Crippen LogP contribution < -0.4 is 5.43 Å². The molecule has 4 nitrogen and oxygen atoms in total. The topological polar surface area (TPSA) is 41.6 Å². The maximum absolute atomic E-state index is 11.6. The van der Waals surface area contributed by atoms with Crippen molar-refractivity contribution < 1.29 is 9.53 Å². The van der Waals surface area contributed by atoms with Gasteiger partial charge in [0.05, 0.1) is 13.0 Å². The first-order valence-corrected chi connectivity index (χ1v) is 6.13. The Balaban J connectivity index is 2.74. The molecule has 0 radical (unpaired) electrons.